The number of thiazole rings is 1. The SMILES string of the molecule is CC(C)OCC(NN)c1cscn1. The molecular weight excluding hydrogens is 186 g/mol. The first kappa shape index (κ1) is 10.6. The van der Waals surface area contributed by atoms with Gasteiger partial charge in [0.25, 0.3) is 0 Å². The third-order valence-corrected chi connectivity index (χ3v) is 2.21. The van der Waals surface area contributed by atoms with Gasteiger partial charge in [-0.3, -0.25) is 5.84 Å². The number of nitrogens with one attached hydrogen (secondary N) is 1. The van der Waals surface area contributed by atoms with Crippen molar-refractivity contribution in [3.05, 3.63) is 16.6 Å². The van der Waals surface area contributed by atoms with Crippen molar-refractivity contribution in [1.29, 1.82) is 0 Å². The first-order chi connectivity index (χ1) is 6.24. The third-order valence-electron chi connectivity index (χ3n) is 1.61. The van der Waals surface area contributed by atoms with E-state index in [1.165, 1.54) is 0 Å². The number of ether oxygens (including phenoxy) is 1. The molecule has 1 aromatic heterocycles. The normalized spacial score (nSPS) is 13.5. The zero-order valence-electron chi connectivity index (χ0n) is 7.86. The lowest BCUT2D eigenvalue weighted by molar-refractivity contribution is 0.0605. The highest BCUT2D eigenvalue weighted by Crippen LogP contribution is 2.12. The van der Waals surface area contributed by atoms with Crippen molar-refractivity contribution in [2.75, 3.05) is 6.61 Å². The van der Waals surface area contributed by atoms with E-state index in [4.69, 9.17) is 10.6 Å². The molecule has 0 fully saturated rings. The summed E-state index contributed by atoms with van der Waals surface area (Å²) in [7, 11) is 0. The van der Waals surface area contributed by atoms with Gasteiger partial charge in [-0.1, -0.05) is 0 Å². The first-order valence-electron chi connectivity index (χ1n) is 4.20. The highest BCUT2D eigenvalue weighted by Gasteiger charge is 2.11. The molecule has 1 heterocycles. The predicted octanol–water partition coefficient (Wildman–Crippen LogP) is 1.07. The van der Waals surface area contributed by atoms with Crippen molar-refractivity contribution < 1.29 is 4.74 Å². The highest BCUT2D eigenvalue weighted by atomic mass is 32.1. The molecule has 0 aromatic carbocycles. The quantitative estimate of drug-likeness (QED) is 0.552. The number of hydrogen-bond donors (Lipinski definition) is 2. The van der Waals surface area contributed by atoms with Crippen LogP contribution in [-0.2, 0) is 4.74 Å². The summed E-state index contributed by atoms with van der Waals surface area (Å²) < 4.78 is 5.44. The van der Waals surface area contributed by atoms with E-state index in [-0.39, 0.29) is 12.1 Å². The first-order valence-corrected chi connectivity index (χ1v) is 5.14. The molecule has 0 aliphatic carbocycles. The summed E-state index contributed by atoms with van der Waals surface area (Å²) in [6.07, 6.45) is 0.217. The van der Waals surface area contributed by atoms with E-state index in [1.807, 2.05) is 19.2 Å². The van der Waals surface area contributed by atoms with Gasteiger partial charge in [0.2, 0.25) is 0 Å². The van der Waals surface area contributed by atoms with E-state index in [1.54, 1.807) is 16.8 Å². The summed E-state index contributed by atoms with van der Waals surface area (Å²) in [6.45, 7) is 4.54. The van der Waals surface area contributed by atoms with Crippen molar-refractivity contribution in [2.24, 2.45) is 5.84 Å². The molecule has 1 rings (SSSR count). The molecule has 1 aromatic rings. The largest absolute Gasteiger partial charge is 0.377 e. The maximum absolute atomic E-state index is 5.44. The molecule has 5 heteroatoms. The highest BCUT2D eigenvalue weighted by molar-refractivity contribution is 7.07. The van der Waals surface area contributed by atoms with Crippen molar-refractivity contribution in [3.63, 3.8) is 0 Å². The van der Waals surface area contributed by atoms with Gasteiger partial charge in [0.05, 0.1) is 30.0 Å². The van der Waals surface area contributed by atoms with Crippen LogP contribution < -0.4 is 11.3 Å². The van der Waals surface area contributed by atoms with E-state index < -0.39 is 0 Å². The van der Waals surface area contributed by atoms with Crippen LogP contribution in [0.4, 0.5) is 0 Å². The number of rotatable bonds is 5. The maximum atomic E-state index is 5.44. The van der Waals surface area contributed by atoms with Crippen molar-refractivity contribution in [3.8, 4) is 0 Å². The lowest BCUT2D eigenvalue weighted by Crippen LogP contribution is -2.32. The standard InChI is InChI=1S/C8H15N3OS/c1-6(2)12-3-7(11-9)8-4-13-5-10-8/h4-7,11H,3,9H2,1-2H3. The van der Waals surface area contributed by atoms with E-state index in [0.717, 1.165) is 5.69 Å². The van der Waals surface area contributed by atoms with Gasteiger partial charge in [-0.2, -0.15) is 0 Å². The summed E-state index contributed by atoms with van der Waals surface area (Å²) in [5, 5.41) is 1.97. The summed E-state index contributed by atoms with van der Waals surface area (Å²) in [5.74, 6) is 5.38. The maximum Gasteiger partial charge on any atom is 0.0873 e. The van der Waals surface area contributed by atoms with Crippen molar-refractivity contribution >= 4 is 11.3 Å². The van der Waals surface area contributed by atoms with Crippen LogP contribution in [0.2, 0.25) is 0 Å². The van der Waals surface area contributed by atoms with E-state index in [0.29, 0.717) is 6.61 Å². The molecule has 13 heavy (non-hydrogen) atoms. The molecule has 0 saturated heterocycles. The Morgan fingerprint density at radius 1 is 1.69 bits per heavy atom. The van der Waals surface area contributed by atoms with Gasteiger partial charge in [-0.25, -0.2) is 10.4 Å². The predicted molar refractivity (Wildman–Crippen MR) is 53.3 cm³/mol. The molecule has 0 aliphatic rings. The molecule has 0 aliphatic heterocycles. The second-order valence-corrected chi connectivity index (χ2v) is 3.73. The molecule has 0 spiro atoms. The van der Waals surface area contributed by atoms with E-state index >= 15 is 0 Å². The molecule has 1 unspecified atom stereocenters. The number of nitrogens with two attached hydrogens (primary N) is 1. The summed E-state index contributed by atoms with van der Waals surface area (Å²) in [6, 6.07) is -0.00588. The number of hydrazine groups is 1. The lowest BCUT2D eigenvalue weighted by Gasteiger charge is -2.15. The van der Waals surface area contributed by atoms with Gasteiger partial charge in [-0.15, -0.1) is 11.3 Å². The summed E-state index contributed by atoms with van der Waals surface area (Å²) in [5.41, 5.74) is 5.40. The van der Waals surface area contributed by atoms with Crippen LogP contribution in [0.25, 0.3) is 0 Å². The Morgan fingerprint density at radius 2 is 2.46 bits per heavy atom. The Labute approximate surface area is 82.1 Å². The van der Waals surface area contributed by atoms with Crippen LogP contribution in [0.1, 0.15) is 25.6 Å². The monoisotopic (exact) mass is 201 g/mol. The Hall–Kier alpha value is -0.490. The van der Waals surface area contributed by atoms with Crippen LogP contribution in [-0.4, -0.2) is 17.7 Å². The van der Waals surface area contributed by atoms with Crippen molar-refractivity contribution in [2.45, 2.75) is 26.0 Å². The molecule has 4 nitrogen and oxygen atoms in total. The minimum atomic E-state index is -0.00588. The number of aromatic nitrogens is 1. The van der Waals surface area contributed by atoms with E-state index in [2.05, 4.69) is 10.4 Å². The Morgan fingerprint density at radius 3 is 2.92 bits per heavy atom. The van der Waals surface area contributed by atoms with Crippen molar-refractivity contribution in [1.82, 2.24) is 10.4 Å². The molecule has 74 valence electrons. The Balaban J connectivity index is 2.44. The number of hydrogen-bond acceptors (Lipinski definition) is 5. The Kier molecular flexibility index (Phi) is 4.31. The van der Waals surface area contributed by atoms with Crippen LogP contribution in [0.15, 0.2) is 10.9 Å². The van der Waals surface area contributed by atoms with Gasteiger partial charge in [0.15, 0.2) is 0 Å². The molecule has 0 saturated carbocycles. The number of nitrogens with zero attached hydrogens (tertiary/aromatic N) is 1. The fourth-order valence-corrected chi connectivity index (χ4v) is 1.51. The second kappa shape index (κ2) is 5.29. The fraction of sp³-hybridized carbons (Fsp3) is 0.625. The average molecular weight is 201 g/mol. The van der Waals surface area contributed by atoms with Gasteiger partial charge in [0, 0.05) is 5.38 Å². The van der Waals surface area contributed by atoms with Crippen LogP contribution in [0.5, 0.6) is 0 Å². The molecule has 0 bridgehead atoms. The molecular formula is C8H15N3OS. The Bertz CT molecular complexity index is 225. The summed E-state index contributed by atoms with van der Waals surface area (Å²) >= 11 is 1.56. The van der Waals surface area contributed by atoms with Gasteiger partial charge in [-0.05, 0) is 13.8 Å². The second-order valence-electron chi connectivity index (χ2n) is 3.01. The lowest BCUT2D eigenvalue weighted by atomic mass is 10.2. The van der Waals surface area contributed by atoms with Crippen LogP contribution in [0, 0.1) is 0 Å². The minimum Gasteiger partial charge on any atom is -0.377 e. The molecule has 3 N–H and O–H groups in total. The molecule has 1 atom stereocenters. The smallest absolute Gasteiger partial charge is 0.0873 e. The van der Waals surface area contributed by atoms with E-state index in [9.17, 15) is 0 Å². The summed E-state index contributed by atoms with van der Waals surface area (Å²) in [4.78, 5) is 4.16. The zero-order valence-corrected chi connectivity index (χ0v) is 8.67. The molecule has 0 radical (unpaired) electrons. The fourth-order valence-electron chi connectivity index (χ4n) is 0.902. The third kappa shape index (κ3) is 3.40. The van der Waals surface area contributed by atoms with Crippen LogP contribution in [0.3, 0.4) is 0 Å². The molecule has 0 amide bonds. The van der Waals surface area contributed by atoms with Gasteiger partial charge in [0.1, 0.15) is 0 Å². The van der Waals surface area contributed by atoms with Crippen LogP contribution >= 0.6 is 11.3 Å². The zero-order chi connectivity index (χ0) is 9.68. The van der Waals surface area contributed by atoms with Gasteiger partial charge < -0.3 is 4.74 Å². The minimum absolute atomic E-state index is 0.00588. The average Bonchev–Trinajstić information content (AvgIpc) is 2.58. The van der Waals surface area contributed by atoms with Gasteiger partial charge >= 0.3 is 0 Å². The topological polar surface area (TPSA) is 60.2 Å².